The fourth-order valence-electron chi connectivity index (χ4n) is 3.93. The molecule has 1 N–H and O–H groups in total. The Bertz CT molecular complexity index is 1600. The summed E-state index contributed by atoms with van der Waals surface area (Å²) in [6.45, 7) is 12.0. The van der Waals surface area contributed by atoms with Crippen LogP contribution in [0.5, 0.6) is 0 Å². The first-order valence-electron chi connectivity index (χ1n) is 15.2. The Balaban J connectivity index is 0. The zero-order valence-electron chi connectivity index (χ0n) is 29.8. The van der Waals surface area contributed by atoms with Gasteiger partial charge in [0.2, 0.25) is 0 Å². The van der Waals surface area contributed by atoms with E-state index < -0.39 is 15.6 Å². The molecule has 2 aromatic heterocycles. The van der Waals surface area contributed by atoms with Crippen molar-refractivity contribution in [3.63, 3.8) is 0 Å². The minimum atomic E-state index is -10.7. The molecule has 2 aromatic rings. The molecule has 0 bridgehead atoms. The number of aliphatic imine (C=N–C) groups is 4. The van der Waals surface area contributed by atoms with Crippen LogP contribution in [0.15, 0.2) is 91.8 Å². The first-order valence-corrected chi connectivity index (χ1v) is 19.3. The summed E-state index contributed by atoms with van der Waals surface area (Å²) < 4.78 is 118. The molecule has 3 heterocycles. The SMILES string of the molecule is CC1=NCCN=C/C(=C(\C)NCCc2ccccn2)C(C)=NCC[N-]/C=C\1C(C)=NCCc1ccccn1.F[P-](F)(F)(F)(F)F.F[P-](F)(F)(F)(F)F.[H+].[Ni+2]. The summed E-state index contributed by atoms with van der Waals surface area (Å²) in [4.78, 5) is 27.8. The third-order valence-electron chi connectivity index (χ3n) is 6.11. The molecule has 1 aliphatic rings. The van der Waals surface area contributed by atoms with Crippen molar-refractivity contribution in [2.45, 2.75) is 40.5 Å². The minimum Gasteiger partial charge on any atom is 1.00 e. The monoisotopic (exact) mass is 860 g/mol. The fraction of sp³-hybridized carbons (Fsp3) is 0.400. The normalized spacial score (nSPS) is 19.2. The van der Waals surface area contributed by atoms with E-state index in [1.807, 2.05) is 82.0 Å². The van der Waals surface area contributed by atoms with E-state index >= 15 is 0 Å². The van der Waals surface area contributed by atoms with Crippen LogP contribution in [0.3, 0.4) is 0 Å². The molecule has 0 radical (unpaired) electrons. The van der Waals surface area contributed by atoms with Gasteiger partial charge in [0, 0.05) is 90.9 Å². The van der Waals surface area contributed by atoms with E-state index in [1.54, 1.807) is 0 Å². The molecular formula is C30H40F12N8NiP2. The predicted molar refractivity (Wildman–Crippen MR) is 188 cm³/mol. The summed E-state index contributed by atoms with van der Waals surface area (Å²) in [6.07, 6.45) is 9.10. The van der Waals surface area contributed by atoms with Crippen molar-refractivity contribution in [1.29, 1.82) is 0 Å². The van der Waals surface area contributed by atoms with Crippen molar-refractivity contribution in [1.82, 2.24) is 15.3 Å². The zero-order valence-corrected chi connectivity index (χ0v) is 31.6. The van der Waals surface area contributed by atoms with Gasteiger partial charge in [0.15, 0.2) is 0 Å². The second kappa shape index (κ2) is 18.7. The van der Waals surface area contributed by atoms with Gasteiger partial charge in [-0.1, -0.05) is 12.1 Å². The molecule has 0 saturated heterocycles. The van der Waals surface area contributed by atoms with Crippen LogP contribution in [0, 0.1) is 0 Å². The van der Waals surface area contributed by atoms with Crippen LogP contribution in [0.4, 0.5) is 50.4 Å². The third-order valence-corrected chi connectivity index (χ3v) is 6.11. The first-order chi connectivity index (χ1) is 23.4. The van der Waals surface area contributed by atoms with Gasteiger partial charge >= 0.3 is 83.9 Å². The Morgan fingerprint density at radius 3 is 1.77 bits per heavy atom. The van der Waals surface area contributed by atoms with Crippen LogP contribution in [0.25, 0.3) is 5.32 Å². The quantitative estimate of drug-likeness (QED) is 0.124. The molecule has 0 saturated carbocycles. The molecule has 0 atom stereocenters. The van der Waals surface area contributed by atoms with E-state index in [0.29, 0.717) is 32.7 Å². The molecule has 0 aromatic carbocycles. The van der Waals surface area contributed by atoms with E-state index in [-0.39, 0.29) is 17.9 Å². The standard InChI is InChI=1S/C30H39N8.2F6P.Ni/c1-23(33-15-11-27-9-5-7-13-37-27)29-21-31-17-20-36-26(4)30(22-32-18-19-35-25(29)3)24(2)34-16-12-28-10-6-8-14-38-28;2*1-7(2,3,4,5)6;/h5-10,13-14,21-22,33H,11-12,15-20H2,1-4H3;;;/q3*-1;+2/p+1/b29-23-,30-22-,31-21?,34-24?,35-25?,36-26?;;;. The molecule has 0 fully saturated rings. The van der Waals surface area contributed by atoms with Crippen LogP contribution in [0.2, 0.25) is 0 Å². The van der Waals surface area contributed by atoms with Crippen LogP contribution >= 0.6 is 15.6 Å². The second-order valence-electron chi connectivity index (χ2n) is 10.9. The number of allylic oxidation sites excluding steroid dienone is 3. The van der Waals surface area contributed by atoms with Crippen molar-refractivity contribution in [2.75, 3.05) is 39.3 Å². The van der Waals surface area contributed by atoms with Crippen LogP contribution < -0.4 is 5.32 Å². The van der Waals surface area contributed by atoms with Crippen molar-refractivity contribution in [3.05, 3.63) is 88.5 Å². The van der Waals surface area contributed by atoms with Crippen molar-refractivity contribution < 1.29 is 68.3 Å². The number of hydrogen-bond acceptors (Lipinski definition) is 7. The zero-order chi connectivity index (χ0) is 39.8. The topological polar surface area (TPSA) is 101 Å². The van der Waals surface area contributed by atoms with Crippen LogP contribution in [-0.2, 0) is 29.3 Å². The van der Waals surface area contributed by atoms with E-state index in [9.17, 15) is 50.4 Å². The number of hydrogen-bond donors (Lipinski definition) is 1. The second-order valence-corrected chi connectivity index (χ2v) is 14.7. The predicted octanol–water partition coefficient (Wildman–Crippen LogP) is 11.7. The van der Waals surface area contributed by atoms with Gasteiger partial charge in [-0.05, 0) is 57.5 Å². The molecule has 53 heavy (non-hydrogen) atoms. The maximum absolute atomic E-state index is 10.7. The number of aromatic nitrogens is 2. The first kappa shape index (κ1) is 49.6. The van der Waals surface area contributed by atoms with Gasteiger partial charge in [0.1, 0.15) is 0 Å². The number of halogens is 12. The van der Waals surface area contributed by atoms with Gasteiger partial charge in [-0.25, -0.2) is 0 Å². The average molecular weight is 861 g/mol. The van der Waals surface area contributed by atoms with Crippen molar-refractivity contribution in [3.8, 4) is 0 Å². The van der Waals surface area contributed by atoms with Gasteiger partial charge in [-0.2, -0.15) is 6.20 Å². The summed E-state index contributed by atoms with van der Waals surface area (Å²) in [5.41, 5.74) is 7.92. The Morgan fingerprint density at radius 2 is 1.26 bits per heavy atom. The molecule has 8 nitrogen and oxygen atoms in total. The minimum absolute atomic E-state index is 0. The van der Waals surface area contributed by atoms with Gasteiger partial charge in [-0.3, -0.25) is 29.9 Å². The Kier molecular flexibility index (Phi) is 17.5. The van der Waals surface area contributed by atoms with Crippen molar-refractivity contribution >= 4 is 39.0 Å². The number of nitrogens with one attached hydrogen (secondary N) is 1. The van der Waals surface area contributed by atoms with Crippen LogP contribution in [0.1, 0.15) is 40.5 Å². The Labute approximate surface area is 310 Å². The molecule has 0 amide bonds. The summed E-state index contributed by atoms with van der Waals surface area (Å²) >= 11 is 0. The molecule has 23 heteroatoms. The molecule has 0 spiro atoms. The van der Waals surface area contributed by atoms with Gasteiger partial charge in [-0.15, -0.1) is 6.54 Å². The van der Waals surface area contributed by atoms with E-state index in [1.165, 1.54) is 0 Å². The number of pyridine rings is 2. The number of nitrogens with zero attached hydrogens (tertiary/aromatic N) is 7. The van der Waals surface area contributed by atoms with E-state index in [4.69, 9.17) is 15.0 Å². The Morgan fingerprint density at radius 1 is 0.755 bits per heavy atom. The van der Waals surface area contributed by atoms with Gasteiger partial charge < -0.3 is 10.6 Å². The molecular weight excluding hydrogens is 821 g/mol. The molecule has 3 rings (SSSR count). The molecule has 1 aliphatic heterocycles. The van der Waals surface area contributed by atoms with Crippen LogP contribution in [-0.4, -0.2) is 72.6 Å². The summed E-state index contributed by atoms with van der Waals surface area (Å²) in [7, 11) is -21.3. The maximum Gasteiger partial charge on any atom is 2.00 e. The third kappa shape index (κ3) is 32.9. The smallest absolute Gasteiger partial charge is 1.00 e. The summed E-state index contributed by atoms with van der Waals surface area (Å²) in [5.74, 6) is 0. The Hall–Kier alpha value is -3.43. The summed E-state index contributed by atoms with van der Waals surface area (Å²) in [5, 5.41) is 8.16. The molecule has 0 unspecified atom stereocenters. The largest absolute Gasteiger partial charge is 2.00 e. The van der Waals surface area contributed by atoms with Gasteiger partial charge in [0.05, 0.1) is 13.1 Å². The van der Waals surface area contributed by atoms with Gasteiger partial charge in [0.25, 0.3) is 0 Å². The molecule has 304 valence electrons. The number of rotatable bonds is 8. The van der Waals surface area contributed by atoms with Crippen molar-refractivity contribution in [2.24, 2.45) is 20.0 Å². The van der Waals surface area contributed by atoms with E-state index in [0.717, 1.165) is 64.8 Å². The summed E-state index contributed by atoms with van der Waals surface area (Å²) in [6, 6.07) is 11.9. The van der Waals surface area contributed by atoms with E-state index in [2.05, 4.69) is 32.5 Å². The average Bonchev–Trinajstić information content (AvgIpc) is 2.98. The maximum atomic E-state index is 9.87. The molecule has 0 aliphatic carbocycles. The fourth-order valence-corrected chi connectivity index (χ4v) is 3.93.